The molecule has 0 amide bonds. The van der Waals surface area contributed by atoms with Gasteiger partial charge in [-0.2, -0.15) is 5.10 Å². The summed E-state index contributed by atoms with van der Waals surface area (Å²) in [6.45, 7) is 3.71. The molecular formula is C33H25FN6O3S. The molecule has 0 saturated carbocycles. The first kappa shape index (κ1) is 27.3. The molecule has 4 aromatic carbocycles. The third-order valence-electron chi connectivity index (χ3n) is 7.59. The van der Waals surface area contributed by atoms with Gasteiger partial charge in [-0.1, -0.05) is 35.9 Å². The second kappa shape index (κ2) is 10.0. The van der Waals surface area contributed by atoms with E-state index in [0.717, 1.165) is 26.4 Å². The number of carbonyl (C=O) groups excluding carboxylic acids is 1. The normalized spacial score (nSPS) is 11.9. The van der Waals surface area contributed by atoms with Crippen molar-refractivity contribution in [2.75, 3.05) is 5.73 Å². The molecule has 0 spiro atoms. The number of halogens is 1. The fraction of sp³-hybridized carbons (Fsp3) is 0.0606. The first-order valence-electron chi connectivity index (χ1n) is 13.7. The number of nitrogens with two attached hydrogens (primary N) is 1. The highest BCUT2D eigenvalue weighted by Crippen LogP contribution is 2.32. The molecule has 0 atom stereocenters. The number of benzene rings is 4. The number of nitrogens with one attached hydrogen (secondary N) is 1. The number of anilines is 1. The van der Waals surface area contributed by atoms with Crippen molar-refractivity contribution < 1.29 is 17.6 Å². The summed E-state index contributed by atoms with van der Waals surface area (Å²) >= 11 is 0. The zero-order valence-electron chi connectivity index (χ0n) is 23.6. The number of nitrogen functional groups attached to an aromatic ring is 1. The third kappa shape index (κ3) is 4.45. The standard InChI is InChI=1S/C33H25FN6O3S/c1-19-6-10-26(11-7-19)44(42,43)40-30-13-8-22(21-4-3-5-24(34)15-21)14-23(30)16-31(40)32(41)27-18-36-39(33(27)35)25-9-12-28-29(17-25)38-20(2)37-28/h3-18H,35H2,1-2H3,(H,37,38). The summed E-state index contributed by atoms with van der Waals surface area (Å²) in [4.78, 5) is 21.8. The Balaban J connectivity index is 1.39. The Hall–Kier alpha value is -5.55. The van der Waals surface area contributed by atoms with Crippen LogP contribution in [0.3, 0.4) is 0 Å². The van der Waals surface area contributed by atoms with E-state index in [9.17, 15) is 17.6 Å². The Morgan fingerprint density at radius 1 is 0.909 bits per heavy atom. The van der Waals surface area contributed by atoms with Crippen LogP contribution in [0.4, 0.5) is 10.2 Å². The number of aryl methyl sites for hydroxylation is 2. The second-order valence-corrected chi connectivity index (χ2v) is 12.4. The lowest BCUT2D eigenvalue weighted by atomic mass is 10.0. The minimum atomic E-state index is -4.23. The van der Waals surface area contributed by atoms with E-state index in [0.29, 0.717) is 27.7 Å². The van der Waals surface area contributed by atoms with Crippen molar-refractivity contribution in [2.24, 2.45) is 0 Å². The highest BCUT2D eigenvalue weighted by atomic mass is 32.2. The van der Waals surface area contributed by atoms with Crippen LogP contribution >= 0.6 is 0 Å². The molecule has 0 aliphatic carbocycles. The number of rotatable bonds is 6. The fourth-order valence-corrected chi connectivity index (χ4v) is 6.91. The number of imidazole rings is 1. The number of nitrogens with zero attached hydrogens (tertiary/aromatic N) is 4. The molecule has 0 aliphatic rings. The summed E-state index contributed by atoms with van der Waals surface area (Å²) in [5.74, 6) is -0.209. The fourth-order valence-electron chi connectivity index (χ4n) is 5.40. The Kier molecular flexibility index (Phi) is 6.22. The van der Waals surface area contributed by atoms with Gasteiger partial charge >= 0.3 is 0 Å². The average Bonchev–Trinajstić information content (AvgIpc) is 3.70. The number of aromatic amines is 1. The Labute approximate surface area is 251 Å². The molecule has 218 valence electrons. The summed E-state index contributed by atoms with van der Waals surface area (Å²) in [7, 11) is -4.23. The molecule has 0 aliphatic heterocycles. The molecular weight excluding hydrogens is 579 g/mol. The van der Waals surface area contributed by atoms with Crippen molar-refractivity contribution in [2.45, 2.75) is 18.7 Å². The minimum Gasteiger partial charge on any atom is -0.383 e. The van der Waals surface area contributed by atoms with Crippen molar-refractivity contribution >= 4 is 43.6 Å². The maximum Gasteiger partial charge on any atom is 0.268 e. The maximum atomic E-state index is 14.2. The summed E-state index contributed by atoms with van der Waals surface area (Å²) in [5, 5.41) is 4.85. The quantitative estimate of drug-likeness (QED) is 0.218. The molecule has 3 heterocycles. The first-order chi connectivity index (χ1) is 21.1. The summed E-state index contributed by atoms with van der Waals surface area (Å²) in [6, 6.07) is 24.5. The van der Waals surface area contributed by atoms with Gasteiger partial charge in [-0.25, -0.2) is 26.4 Å². The van der Waals surface area contributed by atoms with Gasteiger partial charge in [-0.05, 0) is 85.6 Å². The van der Waals surface area contributed by atoms with E-state index >= 15 is 0 Å². The van der Waals surface area contributed by atoms with Crippen LogP contribution in [0, 0.1) is 19.7 Å². The zero-order chi connectivity index (χ0) is 30.7. The molecule has 11 heteroatoms. The predicted molar refractivity (Wildman–Crippen MR) is 167 cm³/mol. The van der Waals surface area contributed by atoms with E-state index in [4.69, 9.17) is 5.73 Å². The molecule has 0 radical (unpaired) electrons. The van der Waals surface area contributed by atoms with Gasteiger partial charge < -0.3 is 10.7 Å². The van der Waals surface area contributed by atoms with Gasteiger partial charge in [0.25, 0.3) is 10.0 Å². The summed E-state index contributed by atoms with van der Waals surface area (Å²) in [5.41, 5.74) is 11.0. The highest BCUT2D eigenvalue weighted by molar-refractivity contribution is 7.90. The van der Waals surface area contributed by atoms with Crippen molar-refractivity contribution in [3.63, 3.8) is 0 Å². The number of H-pyrrole nitrogens is 1. The lowest BCUT2D eigenvalue weighted by Crippen LogP contribution is -2.19. The van der Waals surface area contributed by atoms with Crippen molar-refractivity contribution in [1.82, 2.24) is 23.7 Å². The van der Waals surface area contributed by atoms with Gasteiger partial charge in [-0.3, -0.25) is 4.79 Å². The van der Waals surface area contributed by atoms with E-state index in [1.165, 1.54) is 41.2 Å². The monoisotopic (exact) mass is 604 g/mol. The van der Waals surface area contributed by atoms with Crippen LogP contribution in [0.15, 0.2) is 102 Å². The summed E-state index contributed by atoms with van der Waals surface area (Å²) in [6.07, 6.45) is 1.33. The second-order valence-electron chi connectivity index (χ2n) is 10.6. The number of ketones is 1. The molecule has 9 nitrogen and oxygen atoms in total. The van der Waals surface area contributed by atoms with E-state index < -0.39 is 21.6 Å². The number of hydrogen-bond acceptors (Lipinski definition) is 6. The number of hydrogen-bond donors (Lipinski definition) is 2. The Morgan fingerprint density at radius 3 is 2.45 bits per heavy atom. The van der Waals surface area contributed by atoms with Crippen LogP contribution in [-0.4, -0.2) is 37.9 Å². The van der Waals surface area contributed by atoms with Crippen LogP contribution in [0.2, 0.25) is 0 Å². The van der Waals surface area contributed by atoms with E-state index in [1.807, 2.05) is 26.0 Å². The number of aromatic nitrogens is 5. The molecule has 0 unspecified atom stereocenters. The lowest BCUT2D eigenvalue weighted by molar-refractivity contribution is 0.103. The van der Waals surface area contributed by atoms with Gasteiger partial charge in [0.1, 0.15) is 23.2 Å². The summed E-state index contributed by atoms with van der Waals surface area (Å²) < 4.78 is 44.7. The molecule has 3 aromatic heterocycles. The van der Waals surface area contributed by atoms with Crippen LogP contribution in [0.5, 0.6) is 0 Å². The SMILES string of the molecule is Cc1ccc(S(=O)(=O)n2c(C(=O)c3cnn(-c4ccc5nc(C)[nH]c5c4)c3N)cc3cc(-c4cccc(F)c4)ccc32)cc1. The van der Waals surface area contributed by atoms with E-state index in [1.54, 1.807) is 48.5 Å². The molecule has 3 N–H and O–H groups in total. The molecule has 44 heavy (non-hydrogen) atoms. The average molecular weight is 605 g/mol. The van der Waals surface area contributed by atoms with Gasteiger partial charge in [-0.15, -0.1) is 0 Å². The van der Waals surface area contributed by atoms with Crippen LogP contribution < -0.4 is 5.73 Å². The molecule has 0 fully saturated rings. The molecule has 7 rings (SSSR count). The van der Waals surface area contributed by atoms with E-state index in [2.05, 4.69) is 15.1 Å². The van der Waals surface area contributed by atoms with Crippen LogP contribution in [0.1, 0.15) is 27.4 Å². The van der Waals surface area contributed by atoms with Gasteiger partial charge in [0.05, 0.1) is 38.9 Å². The topological polar surface area (TPSA) is 129 Å². The molecule has 0 saturated heterocycles. The molecule has 7 aromatic rings. The van der Waals surface area contributed by atoms with Crippen LogP contribution in [0.25, 0.3) is 38.8 Å². The zero-order valence-corrected chi connectivity index (χ0v) is 24.4. The largest absolute Gasteiger partial charge is 0.383 e. The number of carbonyl (C=O) groups is 1. The third-order valence-corrected chi connectivity index (χ3v) is 9.33. The van der Waals surface area contributed by atoms with E-state index in [-0.39, 0.29) is 22.0 Å². The lowest BCUT2D eigenvalue weighted by Gasteiger charge is -2.12. The van der Waals surface area contributed by atoms with Gasteiger partial charge in [0, 0.05) is 5.39 Å². The Morgan fingerprint density at radius 2 is 1.68 bits per heavy atom. The van der Waals surface area contributed by atoms with Gasteiger partial charge in [0.15, 0.2) is 0 Å². The predicted octanol–water partition coefficient (Wildman–Crippen LogP) is 6.18. The van der Waals surface area contributed by atoms with Crippen molar-refractivity contribution in [1.29, 1.82) is 0 Å². The molecule has 0 bridgehead atoms. The maximum absolute atomic E-state index is 14.2. The minimum absolute atomic E-state index is 0.0238. The Bertz CT molecular complexity index is 2370. The van der Waals surface area contributed by atoms with Crippen molar-refractivity contribution in [3.8, 4) is 16.8 Å². The highest BCUT2D eigenvalue weighted by Gasteiger charge is 2.29. The smallest absolute Gasteiger partial charge is 0.268 e. The van der Waals surface area contributed by atoms with Gasteiger partial charge in [0.2, 0.25) is 5.78 Å². The first-order valence-corrected chi connectivity index (χ1v) is 15.1. The van der Waals surface area contributed by atoms with Crippen LogP contribution in [-0.2, 0) is 10.0 Å². The van der Waals surface area contributed by atoms with Crippen molar-refractivity contribution in [3.05, 3.63) is 126 Å². The number of fused-ring (bicyclic) bond motifs is 2.